The van der Waals surface area contributed by atoms with Gasteiger partial charge in [0.05, 0.1) is 6.54 Å². The number of piperidine rings is 1. The molecule has 0 radical (unpaired) electrons. The largest absolute Gasteiger partial charge is 0.325 e. The number of nitrogens with one attached hydrogen (secondary N) is 2. The number of hydrogen-bond acceptors (Lipinski definition) is 3. The fourth-order valence-electron chi connectivity index (χ4n) is 2.82. The molecular weight excluding hydrogens is 250 g/mol. The Morgan fingerprint density at radius 2 is 2.15 bits per heavy atom. The second kappa shape index (κ2) is 7.41. The zero-order chi connectivity index (χ0) is 14.4. The molecule has 0 spiro atoms. The summed E-state index contributed by atoms with van der Waals surface area (Å²) < 4.78 is 0. The summed E-state index contributed by atoms with van der Waals surface area (Å²) in [6.07, 6.45) is 3.64. The van der Waals surface area contributed by atoms with Crippen molar-refractivity contribution < 1.29 is 4.79 Å². The highest BCUT2D eigenvalue weighted by molar-refractivity contribution is 5.92. The highest BCUT2D eigenvalue weighted by Crippen LogP contribution is 2.17. The zero-order valence-corrected chi connectivity index (χ0v) is 12.5. The minimum Gasteiger partial charge on any atom is -0.325 e. The summed E-state index contributed by atoms with van der Waals surface area (Å²) in [7, 11) is 1.97. The molecule has 1 aromatic carbocycles. The normalized spacial score (nSPS) is 19.8. The number of para-hydroxylation sites is 1. The molecule has 1 amide bonds. The van der Waals surface area contributed by atoms with Crippen molar-refractivity contribution in [3.05, 3.63) is 29.8 Å². The van der Waals surface area contributed by atoms with Crippen molar-refractivity contribution in [1.29, 1.82) is 0 Å². The quantitative estimate of drug-likeness (QED) is 0.864. The van der Waals surface area contributed by atoms with Gasteiger partial charge < -0.3 is 10.6 Å². The van der Waals surface area contributed by atoms with Gasteiger partial charge in [0.25, 0.3) is 0 Å². The van der Waals surface area contributed by atoms with E-state index < -0.39 is 0 Å². The second-order valence-electron chi connectivity index (χ2n) is 5.54. The molecule has 1 fully saturated rings. The first-order valence-corrected chi connectivity index (χ1v) is 7.45. The molecule has 2 N–H and O–H groups in total. The lowest BCUT2D eigenvalue weighted by molar-refractivity contribution is -0.118. The first kappa shape index (κ1) is 15.0. The van der Waals surface area contributed by atoms with Gasteiger partial charge in [-0.1, -0.05) is 24.6 Å². The Hall–Kier alpha value is -1.39. The molecule has 20 heavy (non-hydrogen) atoms. The minimum absolute atomic E-state index is 0.0855. The Kier molecular flexibility index (Phi) is 5.56. The summed E-state index contributed by atoms with van der Waals surface area (Å²) >= 11 is 0. The van der Waals surface area contributed by atoms with E-state index >= 15 is 0 Å². The Bertz CT molecular complexity index is 445. The van der Waals surface area contributed by atoms with E-state index in [-0.39, 0.29) is 5.91 Å². The van der Waals surface area contributed by atoms with Gasteiger partial charge in [-0.25, -0.2) is 0 Å². The number of rotatable bonds is 5. The van der Waals surface area contributed by atoms with Crippen LogP contribution in [0.1, 0.15) is 24.8 Å². The molecule has 0 aromatic heterocycles. The van der Waals surface area contributed by atoms with Crippen LogP contribution in [0.25, 0.3) is 0 Å². The van der Waals surface area contributed by atoms with E-state index in [4.69, 9.17) is 0 Å². The van der Waals surface area contributed by atoms with E-state index in [1.807, 2.05) is 38.2 Å². The van der Waals surface area contributed by atoms with E-state index in [1.165, 1.54) is 19.3 Å². The summed E-state index contributed by atoms with van der Waals surface area (Å²) in [5, 5.41) is 6.25. The molecule has 4 heteroatoms. The number of carbonyl (C=O) groups excluding carboxylic acids is 1. The van der Waals surface area contributed by atoms with Gasteiger partial charge in [-0.15, -0.1) is 0 Å². The summed E-state index contributed by atoms with van der Waals surface area (Å²) in [5.41, 5.74) is 2.02. The Labute approximate surface area is 121 Å². The van der Waals surface area contributed by atoms with E-state index in [0.29, 0.717) is 12.6 Å². The van der Waals surface area contributed by atoms with E-state index in [9.17, 15) is 4.79 Å². The van der Waals surface area contributed by atoms with Crippen LogP contribution < -0.4 is 10.6 Å². The van der Waals surface area contributed by atoms with Crippen molar-refractivity contribution in [2.45, 2.75) is 32.2 Å². The lowest BCUT2D eigenvalue weighted by Crippen LogP contribution is -2.47. The van der Waals surface area contributed by atoms with Crippen LogP contribution >= 0.6 is 0 Å². The molecule has 1 saturated heterocycles. The lowest BCUT2D eigenvalue weighted by atomic mass is 10.0. The summed E-state index contributed by atoms with van der Waals surface area (Å²) in [4.78, 5) is 14.5. The third-order valence-corrected chi connectivity index (χ3v) is 3.95. The van der Waals surface area contributed by atoms with Crippen molar-refractivity contribution in [2.75, 3.05) is 32.0 Å². The Balaban J connectivity index is 1.91. The molecule has 0 aliphatic carbocycles. The molecule has 1 aliphatic heterocycles. The van der Waals surface area contributed by atoms with Gasteiger partial charge in [0.2, 0.25) is 5.91 Å². The van der Waals surface area contributed by atoms with Crippen molar-refractivity contribution in [3.63, 3.8) is 0 Å². The Morgan fingerprint density at radius 1 is 1.35 bits per heavy atom. The number of aryl methyl sites for hydroxylation is 1. The van der Waals surface area contributed by atoms with E-state index in [2.05, 4.69) is 15.5 Å². The second-order valence-corrected chi connectivity index (χ2v) is 5.54. The van der Waals surface area contributed by atoms with Crippen LogP contribution in [0, 0.1) is 6.92 Å². The third-order valence-electron chi connectivity index (χ3n) is 3.95. The number of hydrogen-bond donors (Lipinski definition) is 2. The van der Waals surface area contributed by atoms with Crippen LogP contribution in [-0.4, -0.2) is 43.5 Å². The van der Waals surface area contributed by atoms with Gasteiger partial charge >= 0.3 is 0 Å². The van der Waals surface area contributed by atoms with Gasteiger partial charge in [-0.3, -0.25) is 9.69 Å². The first-order valence-electron chi connectivity index (χ1n) is 7.45. The molecule has 1 unspecified atom stereocenters. The highest BCUT2D eigenvalue weighted by Gasteiger charge is 2.23. The topological polar surface area (TPSA) is 44.4 Å². The van der Waals surface area contributed by atoms with Crippen molar-refractivity contribution in [3.8, 4) is 0 Å². The summed E-state index contributed by atoms with van der Waals surface area (Å²) in [5.74, 6) is 0.0855. The van der Waals surface area contributed by atoms with Gasteiger partial charge in [-0.2, -0.15) is 0 Å². The predicted octanol–water partition coefficient (Wildman–Crippen LogP) is 2.01. The number of benzene rings is 1. The molecule has 1 heterocycles. The van der Waals surface area contributed by atoms with Crippen LogP contribution in [0.3, 0.4) is 0 Å². The van der Waals surface area contributed by atoms with Gasteiger partial charge in [-0.05, 0) is 45.0 Å². The van der Waals surface area contributed by atoms with Crippen LogP contribution in [-0.2, 0) is 4.79 Å². The maximum atomic E-state index is 12.2. The predicted molar refractivity (Wildman–Crippen MR) is 82.9 cm³/mol. The molecular formula is C16H25N3O. The van der Waals surface area contributed by atoms with Crippen LogP contribution in [0.4, 0.5) is 5.69 Å². The number of likely N-dealkylation sites (tertiary alicyclic amines) is 1. The van der Waals surface area contributed by atoms with Crippen LogP contribution in [0.2, 0.25) is 0 Å². The molecule has 1 aliphatic rings. The number of carbonyl (C=O) groups is 1. The van der Waals surface area contributed by atoms with Crippen molar-refractivity contribution in [2.24, 2.45) is 0 Å². The summed E-state index contributed by atoms with van der Waals surface area (Å²) in [6, 6.07) is 8.39. The van der Waals surface area contributed by atoms with E-state index in [0.717, 1.165) is 24.3 Å². The number of amides is 1. The standard InChI is InChI=1S/C16H25N3O/c1-13-7-3-4-9-15(13)18-16(20)12-19-10-6-5-8-14(19)11-17-2/h3-4,7,9,14,17H,5-6,8,10-12H2,1-2H3,(H,18,20). The van der Waals surface area contributed by atoms with Crippen molar-refractivity contribution >= 4 is 11.6 Å². The molecule has 0 saturated carbocycles. The first-order chi connectivity index (χ1) is 9.70. The maximum absolute atomic E-state index is 12.2. The SMILES string of the molecule is CNCC1CCCCN1CC(=O)Nc1ccccc1C. The molecule has 1 atom stereocenters. The molecule has 110 valence electrons. The molecule has 0 bridgehead atoms. The van der Waals surface area contributed by atoms with E-state index in [1.54, 1.807) is 0 Å². The number of nitrogens with zero attached hydrogens (tertiary/aromatic N) is 1. The fraction of sp³-hybridized carbons (Fsp3) is 0.562. The minimum atomic E-state index is 0.0855. The van der Waals surface area contributed by atoms with Gasteiger partial charge in [0, 0.05) is 18.3 Å². The van der Waals surface area contributed by atoms with Gasteiger partial charge in [0.1, 0.15) is 0 Å². The van der Waals surface area contributed by atoms with Crippen molar-refractivity contribution in [1.82, 2.24) is 10.2 Å². The molecule has 4 nitrogen and oxygen atoms in total. The zero-order valence-electron chi connectivity index (χ0n) is 12.5. The highest BCUT2D eigenvalue weighted by atomic mass is 16.2. The van der Waals surface area contributed by atoms with Crippen LogP contribution in [0.15, 0.2) is 24.3 Å². The average molecular weight is 275 g/mol. The molecule has 1 aromatic rings. The third kappa shape index (κ3) is 4.05. The number of likely N-dealkylation sites (N-methyl/N-ethyl adjacent to an activating group) is 1. The monoisotopic (exact) mass is 275 g/mol. The fourth-order valence-corrected chi connectivity index (χ4v) is 2.82. The maximum Gasteiger partial charge on any atom is 0.238 e. The Morgan fingerprint density at radius 3 is 2.90 bits per heavy atom. The lowest BCUT2D eigenvalue weighted by Gasteiger charge is -2.35. The smallest absolute Gasteiger partial charge is 0.238 e. The average Bonchev–Trinajstić information content (AvgIpc) is 2.44. The van der Waals surface area contributed by atoms with Gasteiger partial charge in [0.15, 0.2) is 0 Å². The summed E-state index contributed by atoms with van der Waals surface area (Å²) in [6.45, 7) is 4.48. The number of anilines is 1. The molecule has 2 rings (SSSR count). The van der Waals surface area contributed by atoms with Crippen LogP contribution in [0.5, 0.6) is 0 Å².